The minimum absolute atomic E-state index is 0.0919. The van der Waals surface area contributed by atoms with Crippen LogP contribution in [0.25, 0.3) is 0 Å². The summed E-state index contributed by atoms with van der Waals surface area (Å²) in [6.07, 6.45) is -1.98. The van der Waals surface area contributed by atoms with Gasteiger partial charge in [0.25, 0.3) is 0 Å². The summed E-state index contributed by atoms with van der Waals surface area (Å²) in [4.78, 5) is 13.3. The largest absolute Gasteiger partial charge is 0.416 e. The fourth-order valence-corrected chi connectivity index (χ4v) is 4.78. The van der Waals surface area contributed by atoms with Crippen LogP contribution in [0.4, 0.5) is 18.9 Å². The average molecular weight is 476 g/mol. The lowest BCUT2D eigenvalue weighted by atomic mass is 10.0. The lowest BCUT2D eigenvalue weighted by Gasteiger charge is -2.33. The minimum Gasteiger partial charge on any atom is -0.325 e. The van der Waals surface area contributed by atoms with Crippen molar-refractivity contribution >= 4 is 23.4 Å². The fourth-order valence-electron chi connectivity index (χ4n) is 3.68. The van der Waals surface area contributed by atoms with Crippen LogP contribution in [0.3, 0.4) is 0 Å². The Morgan fingerprint density at radius 3 is 2.58 bits per heavy atom. The van der Waals surface area contributed by atoms with Gasteiger partial charge in [-0.15, -0.1) is 10.2 Å². The molecule has 0 fully saturated rings. The van der Waals surface area contributed by atoms with Crippen LogP contribution in [-0.2, 0) is 23.8 Å². The molecule has 174 valence electrons. The third kappa shape index (κ3) is 5.00. The van der Waals surface area contributed by atoms with Crippen molar-refractivity contribution in [1.29, 1.82) is 0 Å². The molecule has 33 heavy (non-hydrogen) atoms. The topological polar surface area (TPSA) is 71.8 Å². The molecule has 2 aromatic carbocycles. The Morgan fingerprint density at radius 1 is 1.15 bits per heavy atom. The predicted molar refractivity (Wildman–Crippen MR) is 122 cm³/mol. The molecule has 0 spiro atoms. The Bertz CT molecular complexity index is 1130. The van der Waals surface area contributed by atoms with Gasteiger partial charge in [0.15, 0.2) is 5.82 Å². The Hall–Kier alpha value is -3.01. The first kappa shape index (κ1) is 23.2. The van der Waals surface area contributed by atoms with Crippen LogP contribution in [-0.4, -0.2) is 26.0 Å². The third-order valence-electron chi connectivity index (χ3n) is 5.44. The van der Waals surface area contributed by atoms with Gasteiger partial charge in [-0.2, -0.15) is 13.2 Å². The highest BCUT2D eigenvalue weighted by molar-refractivity contribution is 8.00. The van der Waals surface area contributed by atoms with E-state index in [0.29, 0.717) is 5.16 Å². The Labute approximate surface area is 194 Å². The summed E-state index contributed by atoms with van der Waals surface area (Å²) in [5.41, 5.74) is 4.71. The highest BCUT2D eigenvalue weighted by Gasteiger charge is 2.38. The van der Waals surface area contributed by atoms with Gasteiger partial charge in [-0.1, -0.05) is 55.9 Å². The molecular formula is C23H24F3N5OS. The maximum atomic E-state index is 13.3. The van der Waals surface area contributed by atoms with Gasteiger partial charge in [-0.3, -0.25) is 4.79 Å². The number of anilines is 1. The predicted octanol–water partition coefficient (Wildman–Crippen LogP) is 5.21. The zero-order valence-corrected chi connectivity index (χ0v) is 19.0. The molecule has 3 aromatic rings. The standard InChI is InChI=1S/C23H24F3N5OS/c1-3-6-18-28-29-22-31(18)30-19(15-11-9-14(4-2)10-12-15)20(33-22)21(32)27-17-8-5-7-16(13-17)23(24,25)26/h5,7-13,19-20,30H,3-4,6H2,1-2H3,(H,27,32)/t19-,20+/m0/s1. The smallest absolute Gasteiger partial charge is 0.325 e. The number of carbonyl (C=O) groups excluding carboxylic acids is 1. The summed E-state index contributed by atoms with van der Waals surface area (Å²) in [6, 6.07) is 12.2. The van der Waals surface area contributed by atoms with Gasteiger partial charge in [0.1, 0.15) is 5.25 Å². The average Bonchev–Trinajstić information content (AvgIpc) is 3.20. The molecule has 0 saturated carbocycles. The van der Waals surface area contributed by atoms with Crippen molar-refractivity contribution in [3.63, 3.8) is 0 Å². The van der Waals surface area contributed by atoms with Crippen LogP contribution in [0.1, 0.15) is 48.8 Å². The van der Waals surface area contributed by atoms with E-state index in [4.69, 9.17) is 0 Å². The number of halogens is 3. The van der Waals surface area contributed by atoms with Gasteiger partial charge in [0.2, 0.25) is 11.1 Å². The van der Waals surface area contributed by atoms with Crippen molar-refractivity contribution in [3.05, 3.63) is 71.0 Å². The van der Waals surface area contributed by atoms with Gasteiger partial charge < -0.3 is 10.7 Å². The van der Waals surface area contributed by atoms with E-state index in [1.54, 1.807) is 4.68 Å². The van der Waals surface area contributed by atoms with Crippen LogP contribution in [0.2, 0.25) is 0 Å². The Balaban J connectivity index is 1.65. The number of thioether (sulfide) groups is 1. The van der Waals surface area contributed by atoms with Crippen molar-refractivity contribution in [2.45, 2.75) is 55.7 Å². The first-order chi connectivity index (χ1) is 15.8. The van der Waals surface area contributed by atoms with Gasteiger partial charge in [-0.25, -0.2) is 4.68 Å². The van der Waals surface area contributed by atoms with E-state index in [1.807, 2.05) is 31.2 Å². The summed E-state index contributed by atoms with van der Waals surface area (Å²) >= 11 is 1.25. The van der Waals surface area contributed by atoms with E-state index in [2.05, 4.69) is 27.9 Å². The van der Waals surface area contributed by atoms with Gasteiger partial charge in [0.05, 0.1) is 11.6 Å². The molecule has 1 amide bonds. The van der Waals surface area contributed by atoms with Crippen molar-refractivity contribution in [2.24, 2.45) is 0 Å². The second kappa shape index (κ2) is 9.46. The zero-order chi connectivity index (χ0) is 23.6. The number of carbonyl (C=O) groups is 1. The number of aromatic nitrogens is 3. The SMILES string of the molecule is CCCc1nnc2n1N[C@@H](c1ccc(CC)cc1)[C@H](C(=O)Nc1cccc(C(F)(F)F)c1)S2. The van der Waals surface area contributed by atoms with Gasteiger partial charge in [0, 0.05) is 12.1 Å². The first-order valence-corrected chi connectivity index (χ1v) is 11.6. The highest BCUT2D eigenvalue weighted by Crippen LogP contribution is 2.38. The van der Waals surface area contributed by atoms with Gasteiger partial charge in [-0.05, 0) is 42.2 Å². The molecule has 0 bridgehead atoms. The van der Waals surface area contributed by atoms with E-state index < -0.39 is 28.9 Å². The Kier molecular flexibility index (Phi) is 6.64. The first-order valence-electron chi connectivity index (χ1n) is 10.7. The van der Waals surface area contributed by atoms with Crippen molar-refractivity contribution < 1.29 is 18.0 Å². The number of alkyl halides is 3. The minimum atomic E-state index is -4.49. The number of nitrogens with zero attached hydrogens (tertiary/aromatic N) is 3. The molecule has 1 aromatic heterocycles. The van der Waals surface area contributed by atoms with Gasteiger partial charge >= 0.3 is 6.18 Å². The molecule has 0 saturated heterocycles. The van der Waals surface area contributed by atoms with Crippen molar-refractivity contribution in [3.8, 4) is 0 Å². The summed E-state index contributed by atoms with van der Waals surface area (Å²) in [7, 11) is 0. The molecule has 0 aliphatic carbocycles. The zero-order valence-electron chi connectivity index (χ0n) is 18.2. The number of nitrogens with one attached hydrogen (secondary N) is 2. The molecule has 4 rings (SSSR count). The number of amides is 1. The van der Waals surface area contributed by atoms with E-state index in [9.17, 15) is 18.0 Å². The highest BCUT2D eigenvalue weighted by atomic mass is 32.2. The third-order valence-corrected chi connectivity index (χ3v) is 6.66. The molecule has 6 nitrogen and oxygen atoms in total. The second-order valence-electron chi connectivity index (χ2n) is 7.79. The summed E-state index contributed by atoms with van der Waals surface area (Å²) < 4.78 is 41.1. The molecular weight excluding hydrogens is 451 g/mol. The van der Waals surface area contributed by atoms with E-state index in [1.165, 1.54) is 29.5 Å². The quantitative estimate of drug-likeness (QED) is 0.512. The van der Waals surface area contributed by atoms with Crippen LogP contribution < -0.4 is 10.7 Å². The summed E-state index contributed by atoms with van der Waals surface area (Å²) in [5, 5.41) is 11.0. The molecule has 0 radical (unpaired) electrons. The van der Waals surface area contributed by atoms with Crippen LogP contribution in [0.5, 0.6) is 0 Å². The van der Waals surface area contributed by atoms with Crippen LogP contribution in [0.15, 0.2) is 53.7 Å². The summed E-state index contributed by atoms with van der Waals surface area (Å²) in [5.74, 6) is 0.356. The normalized spacial score (nSPS) is 17.8. The number of hydrogen-bond donors (Lipinski definition) is 2. The molecule has 1 aliphatic rings. The van der Waals surface area contributed by atoms with E-state index in [0.717, 1.165) is 42.8 Å². The second-order valence-corrected chi connectivity index (χ2v) is 8.90. The Morgan fingerprint density at radius 2 is 1.91 bits per heavy atom. The number of fused-ring (bicyclic) bond motifs is 1. The van der Waals surface area contributed by atoms with E-state index in [-0.39, 0.29) is 5.69 Å². The maximum Gasteiger partial charge on any atom is 0.416 e. The number of aryl methyl sites for hydroxylation is 2. The van der Waals surface area contributed by atoms with E-state index >= 15 is 0 Å². The summed E-state index contributed by atoms with van der Waals surface area (Å²) in [6.45, 7) is 4.11. The fraction of sp³-hybridized carbons (Fsp3) is 0.348. The van der Waals surface area contributed by atoms with Crippen molar-refractivity contribution in [1.82, 2.24) is 14.9 Å². The molecule has 1 aliphatic heterocycles. The number of hydrogen-bond acceptors (Lipinski definition) is 5. The molecule has 2 N–H and O–H groups in total. The lowest BCUT2D eigenvalue weighted by molar-refractivity contribution is -0.137. The molecule has 0 unspecified atom stereocenters. The molecule has 2 atom stereocenters. The van der Waals surface area contributed by atoms with Crippen LogP contribution >= 0.6 is 11.8 Å². The monoisotopic (exact) mass is 475 g/mol. The maximum absolute atomic E-state index is 13.3. The lowest BCUT2D eigenvalue weighted by Crippen LogP contribution is -2.41. The van der Waals surface area contributed by atoms with Crippen molar-refractivity contribution in [2.75, 3.05) is 10.7 Å². The van der Waals surface area contributed by atoms with Crippen LogP contribution in [0, 0.1) is 0 Å². The number of benzene rings is 2. The molecule has 2 heterocycles. The molecule has 10 heteroatoms. The number of rotatable bonds is 6.